The van der Waals surface area contributed by atoms with Crippen LogP contribution in [0, 0.1) is 0 Å². The molecule has 2 heterocycles. The van der Waals surface area contributed by atoms with Gasteiger partial charge >= 0.3 is 12.2 Å². The molecule has 10 heteroatoms. The summed E-state index contributed by atoms with van der Waals surface area (Å²) in [5.41, 5.74) is 2.12. The number of nitrogens with one attached hydrogen (secondary N) is 1. The highest BCUT2D eigenvalue weighted by Gasteiger charge is 2.15. The molecule has 2 amide bonds. The van der Waals surface area contributed by atoms with E-state index in [9.17, 15) is 9.59 Å². The fourth-order valence-corrected chi connectivity index (χ4v) is 3.09. The van der Waals surface area contributed by atoms with Crippen molar-refractivity contribution in [1.29, 1.82) is 0 Å². The molecule has 2 rings (SSSR count). The minimum atomic E-state index is -0.735. The van der Waals surface area contributed by atoms with E-state index in [2.05, 4.69) is 15.3 Å². The summed E-state index contributed by atoms with van der Waals surface area (Å²) in [5.74, 6) is 0. The Kier molecular flexibility index (Phi) is 6.48. The van der Waals surface area contributed by atoms with Crippen LogP contribution < -0.4 is 10.1 Å². The molecule has 0 saturated carbocycles. The van der Waals surface area contributed by atoms with E-state index < -0.39 is 12.2 Å². The van der Waals surface area contributed by atoms with Crippen LogP contribution in [-0.2, 0) is 27.9 Å². The molecule has 0 fully saturated rings. The van der Waals surface area contributed by atoms with E-state index in [-0.39, 0.29) is 18.0 Å². The molecular formula is C15H20N4O5S. The lowest BCUT2D eigenvalue weighted by Gasteiger charge is -2.08. The summed E-state index contributed by atoms with van der Waals surface area (Å²) in [6.07, 6.45) is -1.33. The number of amides is 2. The minimum Gasteiger partial charge on any atom is -0.450 e. The number of aryl methyl sites for hydroxylation is 1. The van der Waals surface area contributed by atoms with E-state index >= 15 is 0 Å². The van der Waals surface area contributed by atoms with Crippen molar-refractivity contribution in [3.05, 3.63) is 16.6 Å². The molecule has 0 spiro atoms. The standard InChI is InChI=1S/C15H20N4O5S/c1-5-23-14(20)17-12-11-10(7-9(8-22-4)19(11)3)16-13(25-12)18-15(21)24-6-2/h7H,5-6,8H2,1-4H3,(H,17,20)/b18-13-. The van der Waals surface area contributed by atoms with Gasteiger partial charge in [0.05, 0.1) is 25.3 Å². The summed E-state index contributed by atoms with van der Waals surface area (Å²) < 4.78 is 16.8. The number of fused-ring (bicyclic) bond motifs is 1. The number of carbonyl (C=O) groups is 2. The maximum Gasteiger partial charge on any atom is 0.436 e. The summed E-state index contributed by atoms with van der Waals surface area (Å²) in [6, 6.07) is 1.81. The van der Waals surface area contributed by atoms with Crippen molar-refractivity contribution in [1.82, 2.24) is 9.55 Å². The highest BCUT2D eigenvalue weighted by atomic mass is 32.1. The summed E-state index contributed by atoms with van der Waals surface area (Å²) in [5, 5.41) is 3.14. The van der Waals surface area contributed by atoms with Gasteiger partial charge in [-0.25, -0.2) is 14.6 Å². The Morgan fingerprint density at radius 3 is 2.68 bits per heavy atom. The van der Waals surface area contributed by atoms with Crippen LogP contribution in [0.25, 0.3) is 11.0 Å². The molecule has 2 aromatic rings. The van der Waals surface area contributed by atoms with Crippen LogP contribution in [0.1, 0.15) is 19.5 Å². The van der Waals surface area contributed by atoms with Crippen LogP contribution >= 0.6 is 11.3 Å². The molecule has 0 aliphatic carbocycles. The van der Waals surface area contributed by atoms with Crippen LogP contribution in [0.4, 0.5) is 14.6 Å². The number of nitrogens with zero attached hydrogens (tertiary/aromatic N) is 3. The molecule has 0 aromatic carbocycles. The third-order valence-corrected chi connectivity index (χ3v) is 4.04. The first-order valence-corrected chi connectivity index (χ1v) is 8.45. The molecule has 0 aliphatic heterocycles. The van der Waals surface area contributed by atoms with Gasteiger partial charge in [-0.2, -0.15) is 0 Å². The Labute approximate surface area is 148 Å². The summed E-state index contributed by atoms with van der Waals surface area (Å²) in [6.45, 7) is 4.24. The maximum absolute atomic E-state index is 11.8. The second-order valence-electron chi connectivity index (χ2n) is 4.84. The van der Waals surface area contributed by atoms with Gasteiger partial charge < -0.3 is 18.8 Å². The van der Waals surface area contributed by atoms with Gasteiger partial charge in [-0.15, -0.1) is 4.99 Å². The van der Waals surface area contributed by atoms with Gasteiger partial charge in [0.15, 0.2) is 0 Å². The van der Waals surface area contributed by atoms with Gasteiger partial charge in [0.1, 0.15) is 10.5 Å². The van der Waals surface area contributed by atoms with Crippen LogP contribution in [0.15, 0.2) is 11.1 Å². The normalized spacial score (nSPS) is 11.6. The first-order chi connectivity index (χ1) is 12.0. The number of methoxy groups -OCH3 is 1. The first kappa shape index (κ1) is 18.9. The number of hydrogen-bond acceptors (Lipinski definition) is 7. The molecule has 0 atom stereocenters. The second kappa shape index (κ2) is 8.58. The number of carbonyl (C=O) groups excluding carboxylic acids is 2. The zero-order valence-electron chi connectivity index (χ0n) is 14.5. The molecule has 0 saturated heterocycles. The Balaban J connectivity index is 2.59. The first-order valence-electron chi connectivity index (χ1n) is 7.63. The van der Waals surface area contributed by atoms with Gasteiger partial charge in [-0.05, 0) is 19.9 Å². The van der Waals surface area contributed by atoms with E-state index in [1.54, 1.807) is 21.0 Å². The predicted octanol–water partition coefficient (Wildman–Crippen LogP) is 2.41. The van der Waals surface area contributed by atoms with Crippen molar-refractivity contribution >= 4 is 39.6 Å². The Bertz CT molecular complexity index is 842. The van der Waals surface area contributed by atoms with E-state index in [1.807, 2.05) is 17.7 Å². The predicted molar refractivity (Wildman–Crippen MR) is 92.5 cm³/mol. The fourth-order valence-electron chi connectivity index (χ4n) is 2.17. The molecular weight excluding hydrogens is 348 g/mol. The number of rotatable bonds is 5. The van der Waals surface area contributed by atoms with Gasteiger partial charge in [-0.3, -0.25) is 5.32 Å². The lowest BCUT2D eigenvalue weighted by molar-refractivity contribution is 0.162. The lowest BCUT2D eigenvalue weighted by atomic mass is 10.4. The number of ether oxygens (including phenoxy) is 3. The Hall–Kier alpha value is -2.46. The molecule has 25 heavy (non-hydrogen) atoms. The van der Waals surface area contributed by atoms with Gasteiger partial charge in [0, 0.05) is 19.9 Å². The maximum atomic E-state index is 11.8. The summed E-state index contributed by atoms with van der Waals surface area (Å²) >= 11 is 1.05. The lowest BCUT2D eigenvalue weighted by Crippen LogP contribution is -2.16. The molecule has 0 aliphatic rings. The Morgan fingerprint density at radius 2 is 2.04 bits per heavy atom. The zero-order valence-corrected chi connectivity index (χ0v) is 15.3. The molecule has 2 aromatic heterocycles. The summed E-state index contributed by atoms with van der Waals surface area (Å²) in [4.78, 5) is 31.8. The summed E-state index contributed by atoms with van der Waals surface area (Å²) in [7, 11) is 3.43. The molecule has 136 valence electrons. The van der Waals surface area contributed by atoms with Gasteiger partial charge in [0.25, 0.3) is 0 Å². The van der Waals surface area contributed by atoms with Crippen LogP contribution in [0.3, 0.4) is 0 Å². The molecule has 9 nitrogen and oxygen atoms in total. The Morgan fingerprint density at radius 1 is 1.32 bits per heavy atom. The SMILES string of the molecule is CCOC(=O)/N=c1/nc2cc(COC)n(C)c2c(NC(=O)OCC)s1. The average Bonchev–Trinajstić information content (AvgIpc) is 2.84. The van der Waals surface area contributed by atoms with Crippen LogP contribution in [0.2, 0.25) is 0 Å². The number of aromatic nitrogens is 2. The van der Waals surface area contributed by atoms with Gasteiger partial charge in [-0.1, -0.05) is 11.3 Å². The molecule has 0 unspecified atom stereocenters. The number of anilines is 1. The second-order valence-corrected chi connectivity index (χ2v) is 5.82. The monoisotopic (exact) mass is 368 g/mol. The van der Waals surface area contributed by atoms with Crippen LogP contribution in [-0.4, -0.2) is 42.1 Å². The largest absolute Gasteiger partial charge is 0.450 e. The number of hydrogen-bond donors (Lipinski definition) is 1. The van der Waals surface area contributed by atoms with E-state index in [0.717, 1.165) is 17.0 Å². The van der Waals surface area contributed by atoms with E-state index in [0.29, 0.717) is 22.6 Å². The van der Waals surface area contributed by atoms with Crippen molar-refractivity contribution in [2.45, 2.75) is 20.5 Å². The highest BCUT2D eigenvalue weighted by molar-refractivity contribution is 7.14. The van der Waals surface area contributed by atoms with E-state index in [1.165, 1.54) is 0 Å². The third kappa shape index (κ3) is 4.54. The van der Waals surface area contributed by atoms with Crippen molar-refractivity contribution in [2.24, 2.45) is 12.0 Å². The fraction of sp³-hybridized carbons (Fsp3) is 0.467. The van der Waals surface area contributed by atoms with Crippen molar-refractivity contribution in [2.75, 3.05) is 25.6 Å². The average molecular weight is 368 g/mol. The van der Waals surface area contributed by atoms with E-state index in [4.69, 9.17) is 14.2 Å². The zero-order chi connectivity index (χ0) is 18.4. The quantitative estimate of drug-likeness (QED) is 0.869. The van der Waals surface area contributed by atoms with Crippen molar-refractivity contribution in [3.63, 3.8) is 0 Å². The van der Waals surface area contributed by atoms with Crippen LogP contribution in [0.5, 0.6) is 0 Å². The smallest absolute Gasteiger partial charge is 0.436 e. The third-order valence-electron chi connectivity index (χ3n) is 3.17. The molecule has 0 radical (unpaired) electrons. The highest BCUT2D eigenvalue weighted by Crippen LogP contribution is 2.27. The van der Waals surface area contributed by atoms with Crippen molar-refractivity contribution in [3.8, 4) is 0 Å². The van der Waals surface area contributed by atoms with Crippen molar-refractivity contribution < 1.29 is 23.8 Å². The van der Waals surface area contributed by atoms with Gasteiger partial charge in [0.2, 0.25) is 4.80 Å². The topological polar surface area (TPSA) is 104 Å². The molecule has 1 N–H and O–H groups in total. The minimum absolute atomic E-state index is 0.173. The molecule has 0 bridgehead atoms.